The molecule has 0 saturated heterocycles. The molecule has 21 heavy (non-hydrogen) atoms. The number of imidazole rings is 1. The quantitative estimate of drug-likeness (QED) is 0.759. The maximum absolute atomic E-state index is 4.75. The molecule has 6 heteroatoms. The molecule has 0 spiro atoms. The summed E-state index contributed by atoms with van der Waals surface area (Å²) in [6.07, 6.45) is 5.75. The van der Waals surface area contributed by atoms with Gasteiger partial charge < -0.3 is 14.6 Å². The topological polar surface area (TPSA) is 45.5 Å². The Morgan fingerprint density at radius 3 is 3.00 bits per heavy atom. The van der Waals surface area contributed by atoms with Crippen LogP contribution < -0.4 is 10.2 Å². The lowest BCUT2D eigenvalue weighted by Gasteiger charge is -2.22. The van der Waals surface area contributed by atoms with E-state index in [2.05, 4.69) is 46.6 Å². The lowest BCUT2D eigenvalue weighted by atomic mass is 10.4. The minimum absolute atomic E-state index is 0.851. The number of nitrogens with one attached hydrogen (secondary N) is 1. The molecule has 0 aliphatic heterocycles. The molecule has 5 nitrogen and oxygen atoms in total. The smallest absolute Gasteiger partial charge is 0.180 e. The summed E-state index contributed by atoms with van der Waals surface area (Å²) in [5.74, 6) is 1.80. The van der Waals surface area contributed by atoms with Crippen LogP contribution in [-0.4, -0.2) is 27.5 Å². The van der Waals surface area contributed by atoms with Crippen molar-refractivity contribution in [2.45, 2.75) is 20.4 Å². The molecule has 0 fully saturated rings. The molecule has 0 aromatic carbocycles. The van der Waals surface area contributed by atoms with E-state index in [1.807, 2.05) is 23.0 Å². The average Bonchev–Trinajstić information content (AvgIpc) is 3.15. The van der Waals surface area contributed by atoms with Gasteiger partial charge in [0.2, 0.25) is 0 Å². The van der Waals surface area contributed by atoms with Gasteiger partial charge in [-0.25, -0.2) is 9.97 Å². The number of hydrogen-bond donors (Lipinski definition) is 1. The van der Waals surface area contributed by atoms with Crippen molar-refractivity contribution < 1.29 is 0 Å². The fraction of sp³-hybridized carbons (Fsp3) is 0.333. The second-order valence-electron chi connectivity index (χ2n) is 4.73. The van der Waals surface area contributed by atoms with Crippen LogP contribution in [0.15, 0.2) is 36.1 Å². The van der Waals surface area contributed by atoms with Crippen molar-refractivity contribution in [2.24, 2.45) is 0 Å². The summed E-state index contributed by atoms with van der Waals surface area (Å²) in [5, 5.41) is 5.39. The van der Waals surface area contributed by atoms with Crippen LogP contribution in [-0.2, 0) is 6.54 Å². The van der Waals surface area contributed by atoms with Crippen molar-refractivity contribution in [3.63, 3.8) is 0 Å². The maximum atomic E-state index is 4.75. The largest absolute Gasteiger partial charge is 0.369 e. The van der Waals surface area contributed by atoms with Crippen molar-refractivity contribution in [1.29, 1.82) is 0 Å². The standard InChI is InChI=1S/C15H19N5S/c1-3-16-13-11-20-8-7-17-14(20)15(18-13)19(4-2)10-12-6-5-9-21-12/h5-9,11,16H,3-4,10H2,1-2H3. The van der Waals surface area contributed by atoms with Gasteiger partial charge in [0.25, 0.3) is 0 Å². The third-order valence-electron chi connectivity index (χ3n) is 3.32. The molecule has 3 rings (SSSR count). The van der Waals surface area contributed by atoms with Gasteiger partial charge in [-0.15, -0.1) is 11.3 Å². The van der Waals surface area contributed by atoms with E-state index in [4.69, 9.17) is 4.98 Å². The van der Waals surface area contributed by atoms with E-state index in [-0.39, 0.29) is 0 Å². The maximum Gasteiger partial charge on any atom is 0.180 e. The Hall–Kier alpha value is -2.08. The number of hydrogen-bond acceptors (Lipinski definition) is 5. The molecule has 0 saturated carbocycles. The number of rotatable bonds is 6. The Morgan fingerprint density at radius 1 is 1.38 bits per heavy atom. The number of nitrogens with zero attached hydrogens (tertiary/aromatic N) is 4. The summed E-state index contributed by atoms with van der Waals surface area (Å²) < 4.78 is 2.03. The van der Waals surface area contributed by atoms with Crippen LogP contribution in [0.4, 0.5) is 11.6 Å². The van der Waals surface area contributed by atoms with Crippen LogP contribution in [0.1, 0.15) is 18.7 Å². The summed E-state index contributed by atoms with van der Waals surface area (Å²) in [6, 6.07) is 4.24. The third-order valence-corrected chi connectivity index (χ3v) is 4.18. The van der Waals surface area contributed by atoms with Gasteiger partial charge in [0.05, 0.1) is 12.7 Å². The van der Waals surface area contributed by atoms with E-state index in [1.54, 1.807) is 11.3 Å². The molecule has 0 radical (unpaired) electrons. The highest BCUT2D eigenvalue weighted by Crippen LogP contribution is 2.23. The fourth-order valence-corrected chi connectivity index (χ4v) is 3.04. The third kappa shape index (κ3) is 2.85. The van der Waals surface area contributed by atoms with Crippen LogP contribution in [0.3, 0.4) is 0 Å². The summed E-state index contributed by atoms with van der Waals surface area (Å²) in [7, 11) is 0. The first-order valence-corrected chi connectivity index (χ1v) is 8.04. The molecule has 0 aliphatic rings. The van der Waals surface area contributed by atoms with E-state index in [1.165, 1.54) is 4.88 Å². The van der Waals surface area contributed by atoms with Crippen LogP contribution >= 0.6 is 11.3 Å². The number of thiophene rings is 1. The number of anilines is 2. The molecule has 1 N–H and O–H groups in total. The van der Waals surface area contributed by atoms with Crippen LogP contribution in [0.25, 0.3) is 5.65 Å². The summed E-state index contributed by atoms with van der Waals surface area (Å²) in [5.41, 5.74) is 0.898. The Kier molecular flexibility index (Phi) is 4.06. The molecule has 0 unspecified atom stereocenters. The Morgan fingerprint density at radius 2 is 2.29 bits per heavy atom. The van der Waals surface area contributed by atoms with E-state index in [0.29, 0.717) is 0 Å². The fourth-order valence-electron chi connectivity index (χ4n) is 2.32. The molecule has 3 heterocycles. The monoisotopic (exact) mass is 301 g/mol. The first-order chi connectivity index (χ1) is 10.3. The van der Waals surface area contributed by atoms with E-state index < -0.39 is 0 Å². The molecule has 0 amide bonds. The van der Waals surface area contributed by atoms with Crippen molar-refractivity contribution in [1.82, 2.24) is 14.4 Å². The second-order valence-corrected chi connectivity index (χ2v) is 5.76. The first kappa shape index (κ1) is 13.9. The van der Waals surface area contributed by atoms with Gasteiger partial charge in [0.15, 0.2) is 11.5 Å². The zero-order valence-corrected chi connectivity index (χ0v) is 13.1. The van der Waals surface area contributed by atoms with Crippen molar-refractivity contribution in [3.05, 3.63) is 41.0 Å². The van der Waals surface area contributed by atoms with E-state index >= 15 is 0 Å². The van der Waals surface area contributed by atoms with Gasteiger partial charge in [-0.1, -0.05) is 6.07 Å². The highest BCUT2D eigenvalue weighted by atomic mass is 32.1. The van der Waals surface area contributed by atoms with Gasteiger partial charge >= 0.3 is 0 Å². The number of fused-ring (bicyclic) bond motifs is 1. The SMILES string of the molecule is CCNc1cn2ccnc2c(N(CC)Cc2cccs2)n1. The predicted molar refractivity (Wildman–Crippen MR) is 88.2 cm³/mol. The molecule has 0 bridgehead atoms. The zero-order valence-electron chi connectivity index (χ0n) is 12.3. The molecule has 0 aliphatic carbocycles. The van der Waals surface area contributed by atoms with Gasteiger partial charge in [-0.2, -0.15) is 0 Å². The minimum atomic E-state index is 0.851. The normalized spacial score (nSPS) is 11.0. The number of aromatic nitrogens is 3. The molecule has 0 atom stereocenters. The Labute approximate surface area is 128 Å². The zero-order chi connectivity index (χ0) is 14.7. The Balaban J connectivity index is 2.01. The van der Waals surface area contributed by atoms with Crippen LogP contribution in [0, 0.1) is 0 Å². The minimum Gasteiger partial charge on any atom is -0.369 e. The average molecular weight is 301 g/mol. The highest BCUT2D eigenvalue weighted by Gasteiger charge is 2.14. The summed E-state index contributed by atoms with van der Waals surface area (Å²) in [6.45, 7) is 6.82. The molecular formula is C15H19N5S. The molecule has 3 aromatic heterocycles. The summed E-state index contributed by atoms with van der Waals surface area (Å²) >= 11 is 1.77. The van der Waals surface area contributed by atoms with Crippen molar-refractivity contribution in [2.75, 3.05) is 23.3 Å². The molecular weight excluding hydrogens is 282 g/mol. The first-order valence-electron chi connectivity index (χ1n) is 7.16. The second kappa shape index (κ2) is 6.13. The van der Waals surface area contributed by atoms with Crippen LogP contribution in [0.5, 0.6) is 0 Å². The van der Waals surface area contributed by atoms with Crippen LogP contribution in [0.2, 0.25) is 0 Å². The Bertz CT molecular complexity index is 704. The van der Waals surface area contributed by atoms with Crippen molar-refractivity contribution >= 4 is 28.6 Å². The highest BCUT2D eigenvalue weighted by molar-refractivity contribution is 7.09. The lowest BCUT2D eigenvalue weighted by molar-refractivity contribution is 0.821. The molecule has 110 valence electrons. The lowest BCUT2D eigenvalue weighted by Crippen LogP contribution is -2.24. The van der Waals surface area contributed by atoms with Gasteiger partial charge in [0.1, 0.15) is 5.82 Å². The van der Waals surface area contributed by atoms with E-state index in [0.717, 1.165) is 36.9 Å². The van der Waals surface area contributed by atoms with E-state index in [9.17, 15) is 0 Å². The predicted octanol–water partition coefficient (Wildman–Crippen LogP) is 3.25. The summed E-state index contributed by atoms with van der Waals surface area (Å²) in [4.78, 5) is 12.8. The van der Waals surface area contributed by atoms with Gasteiger partial charge in [0, 0.05) is 30.4 Å². The van der Waals surface area contributed by atoms with Gasteiger partial charge in [-0.3, -0.25) is 0 Å². The van der Waals surface area contributed by atoms with Gasteiger partial charge in [-0.05, 0) is 25.3 Å². The van der Waals surface area contributed by atoms with Crippen molar-refractivity contribution in [3.8, 4) is 0 Å². The molecule has 3 aromatic rings.